The molecule has 0 saturated heterocycles. The molecule has 0 fully saturated rings. The van der Waals surface area contributed by atoms with E-state index in [-0.39, 0.29) is 0 Å². The predicted molar refractivity (Wildman–Crippen MR) is 81.1 cm³/mol. The summed E-state index contributed by atoms with van der Waals surface area (Å²) in [5.41, 5.74) is 3.71. The van der Waals surface area contributed by atoms with Crippen LogP contribution >= 0.6 is 0 Å². The van der Waals surface area contributed by atoms with Crippen molar-refractivity contribution in [3.63, 3.8) is 0 Å². The number of hydrogen-bond acceptors (Lipinski definition) is 3. The van der Waals surface area contributed by atoms with Gasteiger partial charge in [0.05, 0.1) is 12.7 Å². The molecule has 2 aromatic carbocycles. The first-order chi connectivity index (χ1) is 10.2. The number of benzene rings is 2. The highest BCUT2D eigenvalue weighted by Gasteiger charge is 2.21. The number of carbonyl (C=O) groups is 1. The SMILES string of the molecule is COc1ccccc1CN1CCc2cc(C(=O)O)ccc21. The summed E-state index contributed by atoms with van der Waals surface area (Å²) in [6, 6.07) is 13.3. The van der Waals surface area contributed by atoms with E-state index in [1.54, 1.807) is 19.2 Å². The van der Waals surface area contributed by atoms with Crippen LogP contribution in [0.25, 0.3) is 0 Å². The fourth-order valence-corrected chi connectivity index (χ4v) is 2.81. The minimum absolute atomic E-state index is 0.355. The van der Waals surface area contributed by atoms with Crippen molar-refractivity contribution in [1.29, 1.82) is 0 Å². The van der Waals surface area contributed by atoms with Gasteiger partial charge < -0.3 is 14.7 Å². The van der Waals surface area contributed by atoms with E-state index in [2.05, 4.69) is 11.0 Å². The molecule has 0 aromatic heterocycles. The van der Waals surface area contributed by atoms with Gasteiger partial charge in [0.2, 0.25) is 0 Å². The molecule has 0 unspecified atom stereocenters. The maximum atomic E-state index is 11.0. The van der Waals surface area contributed by atoms with Crippen LogP contribution in [0.5, 0.6) is 5.75 Å². The third-order valence-corrected chi connectivity index (χ3v) is 3.87. The van der Waals surface area contributed by atoms with Crippen LogP contribution in [0.2, 0.25) is 0 Å². The molecule has 1 aliphatic rings. The molecule has 1 N–H and O–H groups in total. The summed E-state index contributed by atoms with van der Waals surface area (Å²) in [6.07, 6.45) is 0.881. The van der Waals surface area contributed by atoms with E-state index in [0.29, 0.717) is 5.56 Å². The lowest BCUT2D eigenvalue weighted by Crippen LogP contribution is -2.20. The van der Waals surface area contributed by atoms with E-state index in [1.165, 1.54) is 0 Å². The van der Waals surface area contributed by atoms with Crippen molar-refractivity contribution in [2.24, 2.45) is 0 Å². The number of para-hydroxylation sites is 1. The van der Waals surface area contributed by atoms with E-state index < -0.39 is 5.97 Å². The van der Waals surface area contributed by atoms with Crippen molar-refractivity contribution in [2.45, 2.75) is 13.0 Å². The quantitative estimate of drug-likeness (QED) is 0.937. The van der Waals surface area contributed by atoms with Gasteiger partial charge in [-0.05, 0) is 36.2 Å². The van der Waals surface area contributed by atoms with Crippen molar-refractivity contribution >= 4 is 11.7 Å². The number of hydrogen-bond donors (Lipinski definition) is 1. The molecule has 1 heterocycles. The lowest BCUT2D eigenvalue weighted by Gasteiger charge is -2.21. The fourth-order valence-electron chi connectivity index (χ4n) is 2.81. The van der Waals surface area contributed by atoms with Crippen LogP contribution in [0.1, 0.15) is 21.5 Å². The molecule has 0 spiro atoms. The van der Waals surface area contributed by atoms with Gasteiger partial charge in [-0.25, -0.2) is 4.79 Å². The number of rotatable bonds is 4. The highest BCUT2D eigenvalue weighted by Crippen LogP contribution is 2.31. The summed E-state index contributed by atoms with van der Waals surface area (Å²) >= 11 is 0. The number of anilines is 1. The molecule has 0 amide bonds. The number of nitrogens with zero attached hydrogens (tertiary/aromatic N) is 1. The Morgan fingerprint density at radius 1 is 1.29 bits per heavy atom. The van der Waals surface area contributed by atoms with Crippen molar-refractivity contribution in [3.8, 4) is 5.75 Å². The van der Waals surface area contributed by atoms with Crippen LogP contribution in [0, 0.1) is 0 Å². The smallest absolute Gasteiger partial charge is 0.335 e. The largest absolute Gasteiger partial charge is 0.496 e. The maximum absolute atomic E-state index is 11.0. The number of fused-ring (bicyclic) bond motifs is 1. The molecular weight excluding hydrogens is 266 g/mol. The van der Waals surface area contributed by atoms with Gasteiger partial charge in [-0.1, -0.05) is 18.2 Å². The summed E-state index contributed by atoms with van der Waals surface area (Å²) in [4.78, 5) is 13.3. The summed E-state index contributed by atoms with van der Waals surface area (Å²) in [5, 5.41) is 9.06. The van der Waals surface area contributed by atoms with Gasteiger partial charge >= 0.3 is 5.97 Å². The van der Waals surface area contributed by atoms with E-state index >= 15 is 0 Å². The predicted octanol–water partition coefficient (Wildman–Crippen LogP) is 2.96. The third kappa shape index (κ3) is 2.57. The Morgan fingerprint density at radius 2 is 2.10 bits per heavy atom. The zero-order valence-corrected chi connectivity index (χ0v) is 11.9. The summed E-state index contributed by atoms with van der Waals surface area (Å²) < 4.78 is 5.39. The summed E-state index contributed by atoms with van der Waals surface area (Å²) in [6.45, 7) is 1.67. The standard InChI is InChI=1S/C17H17NO3/c1-21-16-5-3-2-4-14(16)11-18-9-8-12-10-13(17(19)20)6-7-15(12)18/h2-7,10H,8-9,11H2,1H3,(H,19,20). The van der Waals surface area contributed by atoms with Gasteiger partial charge in [0, 0.05) is 24.3 Å². The summed E-state index contributed by atoms with van der Waals surface area (Å²) in [5.74, 6) is 0.00841. The molecule has 0 bridgehead atoms. The fraction of sp³-hybridized carbons (Fsp3) is 0.235. The van der Waals surface area contributed by atoms with Gasteiger partial charge in [0.25, 0.3) is 0 Å². The van der Waals surface area contributed by atoms with Gasteiger partial charge in [0.1, 0.15) is 5.75 Å². The zero-order chi connectivity index (χ0) is 14.8. The van der Waals surface area contributed by atoms with Gasteiger partial charge in [-0.2, -0.15) is 0 Å². The van der Waals surface area contributed by atoms with Crippen LogP contribution < -0.4 is 9.64 Å². The summed E-state index contributed by atoms with van der Waals surface area (Å²) in [7, 11) is 1.68. The van der Waals surface area contributed by atoms with Gasteiger partial charge in [-0.3, -0.25) is 0 Å². The molecule has 1 aliphatic heterocycles. The third-order valence-electron chi connectivity index (χ3n) is 3.87. The Kier molecular flexibility index (Phi) is 3.52. The minimum atomic E-state index is -0.874. The molecule has 0 saturated carbocycles. The highest BCUT2D eigenvalue weighted by molar-refractivity contribution is 5.88. The van der Waals surface area contributed by atoms with E-state index in [0.717, 1.165) is 42.1 Å². The monoisotopic (exact) mass is 283 g/mol. The van der Waals surface area contributed by atoms with Crippen molar-refractivity contribution in [2.75, 3.05) is 18.6 Å². The van der Waals surface area contributed by atoms with E-state index in [4.69, 9.17) is 9.84 Å². The van der Waals surface area contributed by atoms with Crippen LogP contribution in [0.15, 0.2) is 42.5 Å². The first-order valence-corrected chi connectivity index (χ1v) is 6.92. The molecule has 3 rings (SSSR count). The first-order valence-electron chi connectivity index (χ1n) is 6.92. The molecule has 0 radical (unpaired) electrons. The second kappa shape index (κ2) is 5.48. The van der Waals surface area contributed by atoms with Crippen molar-refractivity contribution in [1.82, 2.24) is 0 Å². The van der Waals surface area contributed by atoms with Crippen LogP contribution in [-0.2, 0) is 13.0 Å². The number of ether oxygens (including phenoxy) is 1. The van der Waals surface area contributed by atoms with E-state index in [9.17, 15) is 4.79 Å². The van der Waals surface area contributed by atoms with Crippen LogP contribution in [0.4, 0.5) is 5.69 Å². The zero-order valence-electron chi connectivity index (χ0n) is 11.9. The molecule has 4 nitrogen and oxygen atoms in total. The van der Waals surface area contributed by atoms with Gasteiger partial charge in [0.15, 0.2) is 0 Å². The molecule has 0 atom stereocenters. The van der Waals surface area contributed by atoms with Crippen molar-refractivity contribution in [3.05, 3.63) is 59.2 Å². The topological polar surface area (TPSA) is 49.8 Å². The number of aromatic carboxylic acids is 1. The molecule has 0 aliphatic carbocycles. The second-order valence-electron chi connectivity index (χ2n) is 5.13. The average molecular weight is 283 g/mol. The normalized spacial score (nSPS) is 13.1. The Balaban J connectivity index is 1.86. The van der Waals surface area contributed by atoms with Crippen molar-refractivity contribution < 1.29 is 14.6 Å². The lowest BCUT2D eigenvalue weighted by atomic mass is 10.1. The second-order valence-corrected chi connectivity index (χ2v) is 5.13. The number of carboxylic acids is 1. The molecule has 2 aromatic rings. The highest BCUT2D eigenvalue weighted by atomic mass is 16.5. The van der Waals surface area contributed by atoms with E-state index in [1.807, 2.05) is 24.3 Å². The average Bonchev–Trinajstić information content (AvgIpc) is 2.90. The number of carboxylic acid groups (broad SMARTS) is 1. The lowest BCUT2D eigenvalue weighted by molar-refractivity contribution is 0.0697. The Morgan fingerprint density at radius 3 is 2.86 bits per heavy atom. The molecular formula is C17H17NO3. The molecule has 108 valence electrons. The number of methoxy groups -OCH3 is 1. The Bertz CT molecular complexity index is 681. The maximum Gasteiger partial charge on any atom is 0.335 e. The van der Waals surface area contributed by atoms with Gasteiger partial charge in [-0.15, -0.1) is 0 Å². The molecule has 21 heavy (non-hydrogen) atoms. The minimum Gasteiger partial charge on any atom is -0.496 e. The Labute approximate surface area is 123 Å². The first kappa shape index (κ1) is 13.5. The van der Waals surface area contributed by atoms with Crippen LogP contribution in [-0.4, -0.2) is 24.7 Å². The molecule has 4 heteroatoms. The van der Waals surface area contributed by atoms with Crippen LogP contribution in [0.3, 0.4) is 0 Å². The Hall–Kier alpha value is -2.49.